The van der Waals surface area contributed by atoms with Crippen molar-refractivity contribution in [2.24, 2.45) is 0 Å². The van der Waals surface area contributed by atoms with Crippen LogP contribution in [-0.2, 0) is 17.9 Å². The zero-order valence-corrected chi connectivity index (χ0v) is 21.2. The summed E-state index contributed by atoms with van der Waals surface area (Å²) in [5.41, 5.74) is 3.33. The number of nitrogens with zero attached hydrogens (tertiary/aromatic N) is 4. The Bertz CT molecular complexity index is 1290. The van der Waals surface area contributed by atoms with E-state index in [1.807, 2.05) is 52.5 Å². The molecule has 0 spiro atoms. The normalized spacial score (nSPS) is 11.7. The van der Waals surface area contributed by atoms with Gasteiger partial charge in [-0.05, 0) is 43.2 Å². The summed E-state index contributed by atoms with van der Waals surface area (Å²) in [7, 11) is 0. The average molecular weight is 524 g/mol. The van der Waals surface area contributed by atoms with Crippen molar-refractivity contribution in [3.05, 3.63) is 88.8 Å². The van der Waals surface area contributed by atoms with Crippen LogP contribution in [0.1, 0.15) is 29.3 Å². The minimum atomic E-state index is -1.08. The van der Waals surface area contributed by atoms with Crippen LogP contribution in [-0.4, -0.2) is 44.1 Å². The highest BCUT2D eigenvalue weighted by Gasteiger charge is 2.16. The molecule has 0 aliphatic heterocycles. The molecule has 0 aliphatic carbocycles. The number of aliphatic carboxylic acids is 1. The summed E-state index contributed by atoms with van der Waals surface area (Å²) in [6, 6.07) is 13.9. The summed E-state index contributed by atoms with van der Waals surface area (Å²) in [5.74, 6) is -1.49. The number of hydrogen-bond donors (Lipinski definition) is 2. The van der Waals surface area contributed by atoms with E-state index in [2.05, 4.69) is 15.2 Å². The quantitative estimate of drug-likeness (QED) is 0.288. The van der Waals surface area contributed by atoms with Crippen LogP contribution in [0.5, 0.6) is 0 Å². The summed E-state index contributed by atoms with van der Waals surface area (Å²) in [4.78, 5) is 34.5. The highest BCUT2D eigenvalue weighted by Crippen LogP contribution is 2.29. The van der Waals surface area contributed by atoms with Crippen LogP contribution in [0.4, 0.5) is 5.13 Å². The number of benzene rings is 2. The van der Waals surface area contributed by atoms with Crippen molar-refractivity contribution >= 4 is 39.9 Å². The second-order valence-corrected chi connectivity index (χ2v) is 9.60. The SMILES string of the molecule is CC(NC(=O)c1ccc(CN(CCCn2ccnc2)c2nc(-c3ccc(Cl)cc3)cs2)cc1)C(=O)O. The molecule has 10 heteroatoms. The van der Waals surface area contributed by atoms with E-state index in [0.717, 1.165) is 41.5 Å². The van der Waals surface area contributed by atoms with Gasteiger partial charge in [-0.2, -0.15) is 0 Å². The Kier molecular flexibility index (Phi) is 8.35. The predicted octanol–water partition coefficient (Wildman–Crippen LogP) is 4.96. The highest BCUT2D eigenvalue weighted by molar-refractivity contribution is 7.14. The van der Waals surface area contributed by atoms with Gasteiger partial charge in [0, 0.05) is 53.6 Å². The molecule has 0 aliphatic rings. The Morgan fingerprint density at radius 1 is 1.17 bits per heavy atom. The average Bonchev–Trinajstić information content (AvgIpc) is 3.57. The fraction of sp³-hybridized carbons (Fsp3) is 0.231. The van der Waals surface area contributed by atoms with Gasteiger partial charge >= 0.3 is 5.97 Å². The van der Waals surface area contributed by atoms with E-state index >= 15 is 0 Å². The molecule has 0 saturated heterocycles. The van der Waals surface area contributed by atoms with Gasteiger partial charge in [-0.3, -0.25) is 9.59 Å². The molecular weight excluding hydrogens is 498 g/mol. The number of halogens is 1. The molecule has 2 heterocycles. The Balaban J connectivity index is 1.48. The fourth-order valence-corrected chi connectivity index (χ4v) is 4.58. The third-order valence-corrected chi connectivity index (χ3v) is 6.77. The maximum Gasteiger partial charge on any atom is 0.325 e. The molecule has 4 aromatic rings. The van der Waals surface area contributed by atoms with Crippen LogP contribution in [0.15, 0.2) is 72.6 Å². The van der Waals surface area contributed by atoms with Crippen molar-refractivity contribution < 1.29 is 14.7 Å². The molecule has 2 aromatic heterocycles. The van der Waals surface area contributed by atoms with Gasteiger partial charge in [-0.25, -0.2) is 9.97 Å². The zero-order valence-electron chi connectivity index (χ0n) is 19.7. The smallest absolute Gasteiger partial charge is 0.325 e. The molecule has 0 bridgehead atoms. The Morgan fingerprint density at radius 3 is 2.58 bits per heavy atom. The number of carbonyl (C=O) groups is 2. The Hall–Kier alpha value is -3.69. The van der Waals surface area contributed by atoms with E-state index in [-0.39, 0.29) is 0 Å². The minimum absolute atomic E-state index is 0.415. The van der Waals surface area contributed by atoms with E-state index in [9.17, 15) is 9.59 Å². The van der Waals surface area contributed by atoms with Crippen molar-refractivity contribution in [3.63, 3.8) is 0 Å². The summed E-state index contributed by atoms with van der Waals surface area (Å²) in [6.45, 7) is 3.67. The standard InChI is InChI=1S/C26H26ClN5O3S/c1-18(25(34)35)29-24(33)21-5-3-19(4-6-21)15-32(13-2-12-31-14-11-28-17-31)26-30-23(16-36-26)20-7-9-22(27)10-8-20/h3-11,14,16-18H,2,12-13,15H2,1H3,(H,29,33)(H,34,35). The first-order valence-corrected chi connectivity index (χ1v) is 12.7. The van der Waals surface area contributed by atoms with Gasteiger partial charge in [-0.1, -0.05) is 35.9 Å². The number of amides is 1. The molecule has 2 aromatic carbocycles. The van der Waals surface area contributed by atoms with E-state index in [4.69, 9.17) is 21.7 Å². The maximum atomic E-state index is 12.3. The number of aryl methyl sites for hydroxylation is 1. The van der Waals surface area contributed by atoms with Crippen molar-refractivity contribution in [1.82, 2.24) is 19.9 Å². The number of nitrogens with one attached hydrogen (secondary N) is 1. The number of carboxylic acids is 1. The van der Waals surface area contributed by atoms with E-state index in [1.54, 1.807) is 36.0 Å². The van der Waals surface area contributed by atoms with Crippen LogP contribution in [0, 0.1) is 0 Å². The molecule has 186 valence electrons. The molecule has 1 atom stereocenters. The van der Waals surface area contributed by atoms with Crippen molar-refractivity contribution in [3.8, 4) is 11.3 Å². The van der Waals surface area contributed by atoms with Crippen molar-refractivity contribution in [1.29, 1.82) is 0 Å². The van der Waals surface area contributed by atoms with Gasteiger partial charge in [0.05, 0.1) is 12.0 Å². The molecule has 2 N–H and O–H groups in total. The first kappa shape index (κ1) is 25.4. The second kappa shape index (κ2) is 11.8. The topological polar surface area (TPSA) is 100 Å². The van der Waals surface area contributed by atoms with Crippen LogP contribution >= 0.6 is 22.9 Å². The lowest BCUT2D eigenvalue weighted by molar-refractivity contribution is -0.138. The lowest BCUT2D eigenvalue weighted by Crippen LogP contribution is -2.38. The van der Waals surface area contributed by atoms with Gasteiger partial charge in [0.25, 0.3) is 5.91 Å². The molecular formula is C26H26ClN5O3S. The third kappa shape index (κ3) is 6.71. The van der Waals surface area contributed by atoms with Gasteiger partial charge in [0.15, 0.2) is 5.13 Å². The highest BCUT2D eigenvalue weighted by atomic mass is 35.5. The van der Waals surface area contributed by atoms with Crippen LogP contribution in [0.2, 0.25) is 5.02 Å². The molecule has 1 unspecified atom stereocenters. The largest absolute Gasteiger partial charge is 0.480 e. The lowest BCUT2D eigenvalue weighted by Gasteiger charge is -2.22. The number of rotatable bonds is 11. The number of hydrogen-bond acceptors (Lipinski definition) is 6. The number of carbonyl (C=O) groups excluding carboxylic acids is 1. The second-order valence-electron chi connectivity index (χ2n) is 8.33. The number of thiazole rings is 1. The van der Waals surface area contributed by atoms with E-state index in [0.29, 0.717) is 17.1 Å². The monoisotopic (exact) mass is 523 g/mol. The first-order valence-electron chi connectivity index (χ1n) is 11.4. The molecule has 1 amide bonds. The Morgan fingerprint density at radius 2 is 1.92 bits per heavy atom. The fourth-order valence-electron chi connectivity index (χ4n) is 3.59. The van der Waals surface area contributed by atoms with Crippen molar-refractivity contribution in [2.75, 3.05) is 11.4 Å². The summed E-state index contributed by atoms with van der Waals surface area (Å²) < 4.78 is 2.05. The number of imidazole rings is 1. The van der Waals surface area contributed by atoms with Crippen molar-refractivity contribution in [2.45, 2.75) is 32.5 Å². The molecule has 36 heavy (non-hydrogen) atoms. The minimum Gasteiger partial charge on any atom is -0.480 e. The molecule has 8 nitrogen and oxygen atoms in total. The summed E-state index contributed by atoms with van der Waals surface area (Å²) in [5, 5.41) is 15.1. The van der Waals surface area contributed by atoms with Gasteiger partial charge in [0.1, 0.15) is 6.04 Å². The van der Waals surface area contributed by atoms with Crippen LogP contribution < -0.4 is 10.2 Å². The third-order valence-electron chi connectivity index (χ3n) is 5.61. The molecule has 0 fully saturated rings. The predicted molar refractivity (Wildman–Crippen MR) is 141 cm³/mol. The van der Waals surface area contributed by atoms with Gasteiger partial charge < -0.3 is 19.9 Å². The number of carboxylic acid groups (broad SMARTS) is 1. The molecule has 0 radical (unpaired) electrons. The van der Waals surface area contributed by atoms with Crippen LogP contribution in [0.25, 0.3) is 11.3 Å². The maximum absolute atomic E-state index is 12.3. The number of anilines is 1. The summed E-state index contributed by atoms with van der Waals surface area (Å²) >= 11 is 7.61. The zero-order chi connectivity index (χ0) is 25.5. The first-order chi connectivity index (χ1) is 17.4. The summed E-state index contributed by atoms with van der Waals surface area (Å²) in [6.07, 6.45) is 6.42. The van der Waals surface area contributed by atoms with Gasteiger partial charge in [-0.15, -0.1) is 11.3 Å². The molecule has 4 rings (SSSR count). The molecule has 0 saturated carbocycles. The lowest BCUT2D eigenvalue weighted by atomic mass is 10.1. The van der Waals surface area contributed by atoms with Gasteiger partial charge in [0.2, 0.25) is 0 Å². The number of aromatic nitrogens is 3. The van der Waals surface area contributed by atoms with E-state index in [1.165, 1.54) is 6.92 Å². The Labute approximate surface area is 218 Å². The van der Waals surface area contributed by atoms with E-state index < -0.39 is 17.9 Å². The van der Waals surface area contributed by atoms with Crippen LogP contribution in [0.3, 0.4) is 0 Å².